The van der Waals surface area contributed by atoms with Crippen molar-refractivity contribution in [2.24, 2.45) is 0 Å². The van der Waals surface area contributed by atoms with E-state index in [0.717, 1.165) is 25.9 Å². The van der Waals surface area contributed by atoms with Crippen molar-refractivity contribution in [2.75, 3.05) is 27.2 Å². The largest absolute Gasteiger partial charge is 0.355 e. The molecule has 0 aliphatic carbocycles. The average molecular weight is 248 g/mol. The van der Waals surface area contributed by atoms with Gasteiger partial charge >= 0.3 is 0 Å². The zero-order valence-electron chi connectivity index (χ0n) is 11.7. The van der Waals surface area contributed by atoms with Crippen molar-refractivity contribution < 1.29 is 4.79 Å². The molecule has 3 heteroatoms. The Kier molecular flexibility index (Phi) is 6.44. The Hall–Kier alpha value is -1.35. The van der Waals surface area contributed by atoms with Gasteiger partial charge in [0.15, 0.2) is 0 Å². The van der Waals surface area contributed by atoms with Crippen molar-refractivity contribution in [3.8, 4) is 0 Å². The second kappa shape index (κ2) is 7.88. The molecule has 18 heavy (non-hydrogen) atoms. The van der Waals surface area contributed by atoms with Gasteiger partial charge in [0.1, 0.15) is 0 Å². The maximum Gasteiger partial charge on any atom is 0.220 e. The predicted octanol–water partition coefficient (Wildman–Crippen LogP) is 1.86. The maximum atomic E-state index is 11.6. The summed E-state index contributed by atoms with van der Waals surface area (Å²) in [6.07, 6.45) is 2.45. The molecule has 0 aromatic heterocycles. The highest BCUT2D eigenvalue weighted by Gasteiger charge is 2.02. The summed E-state index contributed by atoms with van der Waals surface area (Å²) in [6.45, 7) is 3.75. The fraction of sp³-hybridized carbons (Fsp3) is 0.533. The summed E-state index contributed by atoms with van der Waals surface area (Å²) in [4.78, 5) is 13.7. The topological polar surface area (TPSA) is 32.3 Å². The molecule has 1 rings (SSSR count). The van der Waals surface area contributed by atoms with Gasteiger partial charge in [-0.25, -0.2) is 0 Å². The van der Waals surface area contributed by atoms with E-state index in [2.05, 4.69) is 41.4 Å². The quantitative estimate of drug-likeness (QED) is 0.799. The minimum absolute atomic E-state index is 0.136. The summed E-state index contributed by atoms with van der Waals surface area (Å²) in [5, 5.41) is 2.93. The first kappa shape index (κ1) is 14.7. The van der Waals surface area contributed by atoms with Gasteiger partial charge in [0, 0.05) is 19.5 Å². The number of carbonyl (C=O) groups is 1. The molecule has 1 aromatic rings. The van der Waals surface area contributed by atoms with E-state index in [0.29, 0.717) is 6.42 Å². The van der Waals surface area contributed by atoms with Crippen LogP contribution in [0.25, 0.3) is 0 Å². The number of benzene rings is 1. The van der Waals surface area contributed by atoms with Gasteiger partial charge in [-0.1, -0.05) is 31.2 Å². The number of hydrogen-bond acceptors (Lipinski definition) is 2. The maximum absolute atomic E-state index is 11.6. The van der Waals surface area contributed by atoms with E-state index in [1.54, 1.807) is 0 Å². The summed E-state index contributed by atoms with van der Waals surface area (Å²) in [7, 11) is 4.00. The number of hydrogen-bond donors (Lipinski definition) is 1. The predicted molar refractivity (Wildman–Crippen MR) is 75.7 cm³/mol. The molecule has 1 amide bonds. The zero-order valence-corrected chi connectivity index (χ0v) is 11.7. The van der Waals surface area contributed by atoms with Crippen molar-refractivity contribution in [2.45, 2.75) is 26.2 Å². The molecule has 100 valence electrons. The highest BCUT2D eigenvalue weighted by molar-refractivity contribution is 5.76. The van der Waals surface area contributed by atoms with Gasteiger partial charge in [-0.05, 0) is 38.1 Å². The monoisotopic (exact) mass is 248 g/mol. The van der Waals surface area contributed by atoms with Crippen molar-refractivity contribution >= 4 is 5.91 Å². The Morgan fingerprint density at radius 1 is 1.17 bits per heavy atom. The van der Waals surface area contributed by atoms with Gasteiger partial charge < -0.3 is 10.2 Å². The molecule has 0 aliphatic heterocycles. The van der Waals surface area contributed by atoms with Crippen molar-refractivity contribution in [1.82, 2.24) is 10.2 Å². The molecule has 1 N–H and O–H groups in total. The number of rotatable bonds is 7. The number of amides is 1. The van der Waals surface area contributed by atoms with Crippen LogP contribution in [0.4, 0.5) is 0 Å². The molecule has 0 bridgehead atoms. The number of nitrogens with zero attached hydrogens (tertiary/aromatic N) is 1. The van der Waals surface area contributed by atoms with Crippen molar-refractivity contribution in [3.05, 3.63) is 35.4 Å². The lowest BCUT2D eigenvalue weighted by molar-refractivity contribution is -0.121. The van der Waals surface area contributed by atoms with Crippen LogP contribution in [0.1, 0.15) is 24.5 Å². The molecule has 0 spiro atoms. The van der Waals surface area contributed by atoms with Gasteiger partial charge in [-0.15, -0.1) is 0 Å². The lowest BCUT2D eigenvalue weighted by atomic mass is 10.1. The number of nitrogens with one attached hydrogen (secondary N) is 1. The van der Waals surface area contributed by atoms with Crippen LogP contribution in [0, 0.1) is 0 Å². The van der Waals surface area contributed by atoms with E-state index in [-0.39, 0.29) is 5.91 Å². The minimum Gasteiger partial charge on any atom is -0.355 e. The SMILES string of the molecule is CCc1ccc(CCC(=O)NCCN(C)C)cc1. The van der Waals surface area contributed by atoms with Crippen molar-refractivity contribution in [3.63, 3.8) is 0 Å². The van der Waals surface area contributed by atoms with Gasteiger partial charge in [0.25, 0.3) is 0 Å². The molecule has 0 saturated carbocycles. The number of aryl methyl sites for hydroxylation is 2. The summed E-state index contributed by atoms with van der Waals surface area (Å²) < 4.78 is 0. The van der Waals surface area contributed by atoms with E-state index in [4.69, 9.17) is 0 Å². The normalized spacial score (nSPS) is 10.7. The standard InChI is InChI=1S/C15H24N2O/c1-4-13-5-7-14(8-6-13)9-10-15(18)16-11-12-17(2)3/h5-8H,4,9-12H2,1-3H3,(H,16,18). The molecule has 0 fully saturated rings. The van der Waals surface area contributed by atoms with Crippen LogP contribution >= 0.6 is 0 Å². The Balaban J connectivity index is 2.24. The van der Waals surface area contributed by atoms with Gasteiger partial charge in [0.2, 0.25) is 5.91 Å². The zero-order chi connectivity index (χ0) is 13.4. The third kappa shape index (κ3) is 5.82. The fourth-order valence-corrected chi connectivity index (χ4v) is 1.71. The molecule has 0 heterocycles. The molecule has 0 radical (unpaired) electrons. The first-order chi connectivity index (χ1) is 8.61. The fourth-order valence-electron chi connectivity index (χ4n) is 1.71. The third-order valence-electron chi connectivity index (χ3n) is 2.95. The van der Waals surface area contributed by atoms with E-state index in [1.807, 2.05) is 14.1 Å². The number of carbonyl (C=O) groups excluding carboxylic acids is 1. The summed E-state index contributed by atoms with van der Waals surface area (Å²) >= 11 is 0. The van der Waals surface area contributed by atoms with Crippen molar-refractivity contribution in [1.29, 1.82) is 0 Å². The van der Waals surface area contributed by atoms with Crippen LogP contribution in [-0.4, -0.2) is 38.0 Å². The van der Waals surface area contributed by atoms with Crippen LogP contribution in [-0.2, 0) is 17.6 Å². The highest BCUT2D eigenvalue weighted by atomic mass is 16.1. The molecule has 0 saturated heterocycles. The molecule has 3 nitrogen and oxygen atoms in total. The van der Waals surface area contributed by atoms with E-state index in [1.165, 1.54) is 11.1 Å². The highest BCUT2D eigenvalue weighted by Crippen LogP contribution is 2.07. The summed E-state index contributed by atoms with van der Waals surface area (Å²) in [5.74, 6) is 0.136. The molecule has 1 aromatic carbocycles. The van der Waals surface area contributed by atoms with Crippen LogP contribution < -0.4 is 5.32 Å². The van der Waals surface area contributed by atoms with E-state index < -0.39 is 0 Å². The second-order valence-corrected chi connectivity index (χ2v) is 4.82. The van der Waals surface area contributed by atoms with Gasteiger partial charge in [-0.2, -0.15) is 0 Å². The Labute approximate surface area is 110 Å². The smallest absolute Gasteiger partial charge is 0.220 e. The van der Waals surface area contributed by atoms with Crippen LogP contribution in [0.3, 0.4) is 0 Å². The Morgan fingerprint density at radius 3 is 2.33 bits per heavy atom. The molecular weight excluding hydrogens is 224 g/mol. The minimum atomic E-state index is 0.136. The number of likely N-dealkylation sites (N-methyl/N-ethyl adjacent to an activating group) is 1. The van der Waals surface area contributed by atoms with E-state index >= 15 is 0 Å². The van der Waals surface area contributed by atoms with Crippen LogP contribution in [0.5, 0.6) is 0 Å². The van der Waals surface area contributed by atoms with Crippen LogP contribution in [0.15, 0.2) is 24.3 Å². The lowest BCUT2D eigenvalue weighted by Crippen LogP contribution is -2.31. The van der Waals surface area contributed by atoms with Crippen LogP contribution in [0.2, 0.25) is 0 Å². The average Bonchev–Trinajstić information content (AvgIpc) is 2.36. The Bertz CT molecular complexity index is 357. The van der Waals surface area contributed by atoms with Gasteiger partial charge in [-0.3, -0.25) is 4.79 Å². The summed E-state index contributed by atoms with van der Waals surface area (Å²) in [6, 6.07) is 8.51. The van der Waals surface area contributed by atoms with Gasteiger partial charge in [0.05, 0.1) is 0 Å². The van der Waals surface area contributed by atoms with E-state index in [9.17, 15) is 4.79 Å². The first-order valence-corrected chi connectivity index (χ1v) is 6.61. The first-order valence-electron chi connectivity index (χ1n) is 6.61. The lowest BCUT2D eigenvalue weighted by Gasteiger charge is -2.10. The third-order valence-corrected chi connectivity index (χ3v) is 2.95. The molecule has 0 atom stereocenters. The molecule has 0 aliphatic rings. The second-order valence-electron chi connectivity index (χ2n) is 4.82. The molecule has 0 unspecified atom stereocenters. The Morgan fingerprint density at radius 2 is 1.78 bits per heavy atom. The molecular formula is C15H24N2O. The summed E-state index contributed by atoms with van der Waals surface area (Å²) in [5.41, 5.74) is 2.57.